The summed E-state index contributed by atoms with van der Waals surface area (Å²) in [5.74, 6) is 0.793. The zero-order chi connectivity index (χ0) is 13.9. The van der Waals surface area contributed by atoms with Crippen LogP contribution in [0, 0.1) is 5.82 Å². The molecule has 20 heavy (non-hydrogen) atoms. The van der Waals surface area contributed by atoms with Crippen LogP contribution in [0.1, 0.15) is 5.69 Å². The molecule has 0 atom stereocenters. The lowest BCUT2D eigenvalue weighted by Crippen LogP contribution is -1.83. The van der Waals surface area contributed by atoms with Gasteiger partial charge in [-0.1, -0.05) is 23.1 Å². The summed E-state index contributed by atoms with van der Waals surface area (Å²) in [4.78, 5) is 4.35. The van der Waals surface area contributed by atoms with Crippen LogP contribution in [0.25, 0.3) is 11.5 Å². The van der Waals surface area contributed by atoms with Crippen molar-refractivity contribution in [2.45, 2.75) is 10.1 Å². The molecule has 0 fully saturated rings. The molecule has 3 rings (SSSR count). The number of nitrogens with two attached hydrogens (primary N) is 1. The van der Waals surface area contributed by atoms with E-state index >= 15 is 0 Å². The van der Waals surface area contributed by atoms with Crippen LogP contribution in [0.3, 0.4) is 0 Å². The Morgan fingerprint density at radius 2 is 2.05 bits per heavy atom. The maximum Gasteiger partial charge on any atom is 0.226 e. The molecule has 8 heteroatoms. The van der Waals surface area contributed by atoms with Gasteiger partial charge < -0.3 is 10.2 Å². The number of oxazole rings is 1. The van der Waals surface area contributed by atoms with E-state index in [0.29, 0.717) is 16.8 Å². The van der Waals surface area contributed by atoms with Gasteiger partial charge in [0, 0.05) is 11.3 Å². The monoisotopic (exact) mass is 308 g/mol. The summed E-state index contributed by atoms with van der Waals surface area (Å²) in [6.07, 6.45) is 1.58. The van der Waals surface area contributed by atoms with E-state index in [2.05, 4.69) is 15.2 Å². The van der Waals surface area contributed by atoms with E-state index in [1.165, 1.54) is 35.2 Å². The Hall–Kier alpha value is -1.93. The normalized spacial score (nSPS) is 10.8. The van der Waals surface area contributed by atoms with E-state index in [4.69, 9.17) is 10.2 Å². The predicted octanol–water partition coefficient (Wildman–Crippen LogP) is 3.21. The molecular weight excluding hydrogens is 299 g/mol. The number of rotatable bonds is 4. The van der Waals surface area contributed by atoms with Crippen molar-refractivity contribution in [3.63, 3.8) is 0 Å². The van der Waals surface area contributed by atoms with Crippen LogP contribution in [0.4, 0.5) is 9.52 Å². The van der Waals surface area contributed by atoms with Crippen LogP contribution in [0.15, 0.2) is 39.3 Å². The number of benzene rings is 1. The average molecular weight is 308 g/mol. The van der Waals surface area contributed by atoms with Crippen molar-refractivity contribution in [1.82, 2.24) is 15.2 Å². The molecule has 2 heterocycles. The van der Waals surface area contributed by atoms with E-state index in [1.54, 1.807) is 18.4 Å². The molecule has 0 saturated heterocycles. The van der Waals surface area contributed by atoms with Crippen LogP contribution in [-0.4, -0.2) is 15.2 Å². The molecular formula is C12H9FN4OS2. The van der Waals surface area contributed by atoms with E-state index in [0.717, 1.165) is 15.6 Å². The summed E-state index contributed by atoms with van der Waals surface area (Å²) < 4.78 is 19.0. The highest BCUT2D eigenvalue weighted by atomic mass is 32.2. The topological polar surface area (TPSA) is 77.8 Å². The van der Waals surface area contributed by atoms with Gasteiger partial charge in [-0.05, 0) is 24.3 Å². The highest BCUT2D eigenvalue weighted by molar-refractivity contribution is 8.00. The molecule has 0 saturated carbocycles. The van der Waals surface area contributed by atoms with Crippen LogP contribution < -0.4 is 5.73 Å². The zero-order valence-electron chi connectivity index (χ0n) is 10.1. The summed E-state index contributed by atoms with van der Waals surface area (Å²) in [7, 11) is 0. The first kappa shape index (κ1) is 13.1. The third-order valence-electron chi connectivity index (χ3n) is 2.41. The Morgan fingerprint density at radius 1 is 1.25 bits per heavy atom. The van der Waals surface area contributed by atoms with Crippen molar-refractivity contribution in [2.75, 3.05) is 5.73 Å². The minimum Gasteiger partial charge on any atom is -0.444 e. The maximum absolute atomic E-state index is 12.8. The van der Waals surface area contributed by atoms with Gasteiger partial charge in [-0.25, -0.2) is 9.37 Å². The van der Waals surface area contributed by atoms with Crippen molar-refractivity contribution in [2.24, 2.45) is 0 Å². The average Bonchev–Trinajstić information content (AvgIpc) is 3.06. The molecule has 0 unspecified atom stereocenters. The highest BCUT2D eigenvalue weighted by Gasteiger charge is 2.09. The molecule has 0 amide bonds. The van der Waals surface area contributed by atoms with Crippen molar-refractivity contribution >= 4 is 28.2 Å². The molecule has 102 valence electrons. The maximum atomic E-state index is 12.8. The number of nitrogens with zero attached hydrogens (tertiary/aromatic N) is 3. The summed E-state index contributed by atoms with van der Waals surface area (Å²) in [5.41, 5.74) is 7.03. The van der Waals surface area contributed by atoms with Gasteiger partial charge in [0.15, 0.2) is 4.34 Å². The first-order valence-electron chi connectivity index (χ1n) is 5.63. The standard InChI is InChI=1S/C12H9FN4OS2/c13-8-3-1-7(2-4-8)10-15-9(5-18-10)6-19-12-17-16-11(14)20-12/h1-5H,6H2,(H2,14,16). The molecule has 5 nitrogen and oxygen atoms in total. The van der Waals surface area contributed by atoms with E-state index in [1.807, 2.05) is 0 Å². The van der Waals surface area contributed by atoms with Gasteiger partial charge in [-0.2, -0.15) is 0 Å². The second-order valence-corrected chi connectivity index (χ2v) is 6.08. The van der Waals surface area contributed by atoms with E-state index in [-0.39, 0.29) is 5.82 Å². The van der Waals surface area contributed by atoms with Gasteiger partial charge in [0.2, 0.25) is 11.0 Å². The molecule has 0 aliphatic carbocycles. The molecule has 0 aliphatic rings. The third-order valence-corrected chi connectivity index (χ3v) is 4.33. The summed E-state index contributed by atoms with van der Waals surface area (Å²) in [5, 5.41) is 8.09. The fraction of sp³-hybridized carbons (Fsp3) is 0.0833. The Labute approximate surface area is 122 Å². The number of anilines is 1. The number of hydrogen-bond donors (Lipinski definition) is 1. The van der Waals surface area contributed by atoms with Gasteiger partial charge >= 0.3 is 0 Å². The SMILES string of the molecule is Nc1nnc(SCc2coc(-c3ccc(F)cc3)n2)s1. The predicted molar refractivity (Wildman–Crippen MR) is 75.8 cm³/mol. The minimum absolute atomic E-state index is 0.287. The molecule has 0 aliphatic heterocycles. The highest BCUT2D eigenvalue weighted by Crippen LogP contribution is 2.27. The van der Waals surface area contributed by atoms with Crippen LogP contribution in [0.2, 0.25) is 0 Å². The first-order valence-corrected chi connectivity index (χ1v) is 7.43. The van der Waals surface area contributed by atoms with E-state index < -0.39 is 0 Å². The van der Waals surface area contributed by atoms with Gasteiger partial charge in [0.1, 0.15) is 12.1 Å². The van der Waals surface area contributed by atoms with Crippen LogP contribution in [0.5, 0.6) is 0 Å². The minimum atomic E-state index is -0.287. The van der Waals surface area contributed by atoms with Crippen LogP contribution >= 0.6 is 23.1 Å². The molecule has 0 bridgehead atoms. The molecule has 0 radical (unpaired) electrons. The second kappa shape index (κ2) is 5.59. The molecule has 2 aromatic heterocycles. The number of halogens is 1. The Balaban J connectivity index is 1.69. The van der Waals surface area contributed by atoms with Crippen molar-refractivity contribution in [1.29, 1.82) is 0 Å². The van der Waals surface area contributed by atoms with Crippen LogP contribution in [-0.2, 0) is 5.75 Å². The Kier molecular flexibility index (Phi) is 3.66. The quantitative estimate of drug-likeness (QED) is 0.746. The lowest BCUT2D eigenvalue weighted by atomic mass is 10.2. The summed E-state index contributed by atoms with van der Waals surface area (Å²) in [6, 6.07) is 6.00. The number of thioether (sulfide) groups is 1. The largest absolute Gasteiger partial charge is 0.444 e. The zero-order valence-corrected chi connectivity index (χ0v) is 11.7. The first-order chi connectivity index (χ1) is 9.70. The molecule has 0 spiro atoms. The second-order valence-electron chi connectivity index (χ2n) is 3.85. The third kappa shape index (κ3) is 2.97. The number of nitrogen functional groups attached to an aromatic ring is 1. The van der Waals surface area contributed by atoms with Gasteiger partial charge in [0.05, 0.1) is 5.69 Å². The van der Waals surface area contributed by atoms with Gasteiger partial charge in [-0.15, -0.1) is 10.2 Å². The fourth-order valence-corrected chi connectivity index (χ4v) is 3.03. The van der Waals surface area contributed by atoms with Crippen molar-refractivity contribution in [3.8, 4) is 11.5 Å². The summed E-state index contributed by atoms with van der Waals surface area (Å²) >= 11 is 2.82. The molecule has 1 aromatic carbocycles. The Bertz CT molecular complexity index is 710. The van der Waals surface area contributed by atoms with Gasteiger partial charge in [-0.3, -0.25) is 0 Å². The van der Waals surface area contributed by atoms with Gasteiger partial charge in [0.25, 0.3) is 0 Å². The lowest BCUT2D eigenvalue weighted by Gasteiger charge is -1.94. The molecule has 2 N–H and O–H groups in total. The smallest absolute Gasteiger partial charge is 0.226 e. The van der Waals surface area contributed by atoms with Crippen molar-refractivity contribution < 1.29 is 8.81 Å². The fourth-order valence-electron chi connectivity index (χ4n) is 1.51. The lowest BCUT2D eigenvalue weighted by molar-refractivity contribution is 0.573. The molecule has 3 aromatic rings. The van der Waals surface area contributed by atoms with Crippen molar-refractivity contribution in [3.05, 3.63) is 42.0 Å². The summed E-state index contributed by atoms with van der Waals surface area (Å²) in [6.45, 7) is 0. The number of aromatic nitrogens is 3. The number of hydrogen-bond acceptors (Lipinski definition) is 7. The Morgan fingerprint density at radius 3 is 2.75 bits per heavy atom. The van der Waals surface area contributed by atoms with E-state index in [9.17, 15) is 4.39 Å².